The van der Waals surface area contributed by atoms with Gasteiger partial charge in [-0.1, -0.05) is 22.0 Å². The van der Waals surface area contributed by atoms with Crippen molar-refractivity contribution in [2.45, 2.75) is 6.04 Å². The summed E-state index contributed by atoms with van der Waals surface area (Å²) in [5, 5.41) is 3.37. The smallest absolute Gasteiger partial charge is 0.253 e. The Kier molecular flexibility index (Phi) is 4.96. The monoisotopic (exact) mass is 325 g/mol. The van der Waals surface area contributed by atoms with Gasteiger partial charge in [0.15, 0.2) is 0 Å². The minimum atomic E-state index is 0.0697. The fourth-order valence-electron chi connectivity index (χ4n) is 2.31. The normalized spacial score (nSPS) is 20.3. The zero-order valence-corrected chi connectivity index (χ0v) is 13.0. The molecular formula is C14H20BrN3O. The van der Waals surface area contributed by atoms with Crippen molar-refractivity contribution in [2.75, 3.05) is 40.3 Å². The molecule has 1 saturated heterocycles. The predicted molar refractivity (Wildman–Crippen MR) is 80.4 cm³/mol. The Balaban J connectivity index is 1.99. The van der Waals surface area contributed by atoms with Crippen LogP contribution in [0.15, 0.2) is 28.7 Å². The van der Waals surface area contributed by atoms with Crippen LogP contribution in [-0.4, -0.2) is 62.0 Å². The average Bonchev–Trinajstić information content (AvgIpc) is 2.40. The van der Waals surface area contributed by atoms with Gasteiger partial charge in [0, 0.05) is 49.3 Å². The van der Waals surface area contributed by atoms with E-state index in [0.717, 1.165) is 36.2 Å². The number of nitrogens with zero attached hydrogens (tertiary/aromatic N) is 2. The molecule has 2 rings (SSSR count). The van der Waals surface area contributed by atoms with Gasteiger partial charge >= 0.3 is 0 Å². The van der Waals surface area contributed by atoms with E-state index in [1.165, 1.54) is 0 Å². The fourth-order valence-corrected chi connectivity index (χ4v) is 2.71. The highest BCUT2D eigenvalue weighted by atomic mass is 79.9. The number of hydrogen-bond donors (Lipinski definition) is 1. The molecule has 1 heterocycles. The van der Waals surface area contributed by atoms with Crippen LogP contribution in [0, 0.1) is 0 Å². The minimum Gasteiger partial charge on any atom is -0.340 e. The number of benzene rings is 1. The molecule has 0 aliphatic carbocycles. The summed E-state index contributed by atoms with van der Waals surface area (Å²) < 4.78 is 0.934. The van der Waals surface area contributed by atoms with Crippen molar-refractivity contribution >= 4 is 21.8 Å². The second-order valence-corrected chi connectivity index (χ2v) is 5.95. The molecule has 19 heavy (non-hydrogen) atoms. The zero-order chi connectivity index (χ0) is 13.8. The largest absolute Gasteiger partial charge is 0.340 e. The van der Waals surface area contributed by atoms with E-state index in [9.17, 15) is 4.79 Å². The highest BCUT2D eigenvalue weighted by Crippen LogP contribution is 2.13. The molecule has 1 aliphatic heterocycles. The Bertz CT molecular complexity index is 452. The Morgan fingerprint density at radius 3 is 3.05 bits per heavy atom. The van der Waals surface area contributed by atoms with Gasteiger partial charge in [0.1, 0.15) is 0 Å². The van der Waals surface area contributed by atoms with Gasteiger partial charge < -0.3 is 10.2 Å². The van der Waals surface area contributed by atoms with Gasteiger partial charge in [0.25, 0.3) is 5.91 Å². The molecular weight excluding hydrogens is 306 g/mol. The Hall–Kier alpha value is -0.910. The number of halogens is 1. The molecule has 104 valence electrons. The van der Waals surface area contributed by atoms with Crippen molar-refractivity contribution in [1.29, 1.82) is 0 Å². The molecule has 1 amide bonds. The van der Waals surface area contributed by atoms with Gasteiger partial charge in [-0.05, 0) is 25.2 Å². The third-order valence-corrected chi connectivity index (χ3v) is 4.04. The van der Waals surface area contributed by atoms with Crippen LogP contribution in [0.25, 0.3) is 0 Å². The maximum Gasteiger partial charge on any atom is 0.253 e. The van der Waals surface area contributed by atoms with Crippen LogP contribution in [0.3, 0.4) is 0 Å². The first-order valence-electron chi connectivity index (χ1n) is 6.50. The van der Waals surface area contributed by atoms with E-state index in [1.54, 1.807) is 4.90 Å². The molecule has 1 aromatic rings. The van der Waals surface area contributed by atoms with Crippen molar-refractivity contribution in [2.24, 2.45) is 0 Å². The molecule has 5 heteroatoms. The Labute approximate surface area is 122 Å². The summed E-state index contributed by atoms with van der Waals surface area (Å²) in [5.74, 6) is 0.0697. The SMILES string of the molecule is CN(CC1CNCCN1C)C(=O)c1cccc(Br)c1. The van der Waals surface area contributed by atoms with Crippen LogP contribution in [0.2, 0.25) is 0 Å². The number of carbonyl (C=O) groups excluding carboxylic acids is 1. The van der Waals surface area contributed by atoms with Gasteiger partial charge in [-0.25, -0.2) is 0 Å². The van der Waals surface area contributed by atoms with E-state index in [0.29, 0.717) is 6.04 Å². The summed E-state index contributed by atoms with van der Waals surface area (Å²) in [6.07, 6.45) is 0. The van der Waals surface area contributed by atoms with E-state index < -0.39 is 0 Å². The summed E-state index contributed by atoms with van der Waals surface area (Å²) in [6, 6.07) is 7.92. The lowest BCUT2D eigenvalue weighted by atomic mass is 10.1. The summed E-state index contributed by atoms with van der Waals surface area (Å²) >= 11 is 3.40. The molecule has 1 aromatic carbocycles. The number of amides is 1. The Morgan fingerprint density at radius 2 is 2.37 bits per heavy atom. The molecule has 0 spiro atoms. The topological polar surface area (TPSA) is 35.6 Å². The third kappa shape index (κ3) is 3.78. The molecule has 1 fully saturated rings. The predicted octanol–water partition coefficient (Wildman–Crippen LogP) is 1.42. The third-order valence-electron chi connectivity index (χ3n) is 3.55. The first-order valence-corrected chi connectivity index (χ1v) is 7.29. The number of piperazine rings is 1. The second kappa shape index (κ2) is 6.50. The molecule has 1 N–H and O–H groups in total. The molecule has 0 aromatic heterocycles. The number of carbonyl (C=O) groups is 1. The molecule has 0 bridgehead atoms. The molecule has 1 aliphatic rings. The maximum absolute atomic E-state index is 12.3. The van der Waals surface area contributed by atoms with Gasteiger partial charge in [0.2, 0.25) is 0 Å². The number of nitrogens with one attached hydrogen (secondary N) is 1. The number of rotatable bonds is 3. The van der Waals surface area contributed by atoms with E-state index in [2.05, 4.69) is 33.2 Å². The summed E-state index contributed by atoms with van der Waals surface area (Å²) in [6.45, 7) is 3.74. The van der Waals surface area contributed by atoms with Crippen molar-refractivity contribution in [1.82, 2.24) is 15.1 Å². The fraction of sp³-hybridized carbons (Fsp3) is 0.500. The van der Waals surface area contributed by atoms with Crippen molar-refractivity contribution in [3.63, 3.8) is 0 Å². The van der Waals surface area contributed by atoms with E-state index in [1.807, 2.05) is 31.3 Å². The van der Waals surface area contributed by atoms with Gasteiger partial charge in [0.05, 0.1) is 0 Å². The van der Waals surface area contributed by atoms with Crippen LogP contribution in [-0.2, 0) is 0 Å². The van der Waals surface area contributed by atoms with Crippen LogP contribution in [0.5, 0.6) is 0 Å². The lowest BCUT2D eigenvalue weighted by Crippen LogP contribution is -2.54. The van der Waals surface area contributed by atoms with Crippen molar-refractivity contribution < 1.29 is 4.79 Å². The first-order chi connectivity index (χ1) is 9.08. The van der Waals surface area contributed by atoms with E-state index in [-0.39, 0.29) is 5.91 Å². The lowest BCUT2D eigenvalue weighted by molar-refractivity contribution is 0.0729. The maximum atomic E-state index is 12.3. The van der Waals surface area contributed by atoms with Gasteiger partial charge in [-0.3, -0.25) is 9.69 Å². The second-order valence-electron chi connectivity index (χ2n) is 5.03. The van der Waals surface area contributed by atoms with E-state index >= 15 is 0 Å². The van der Waals surface area contributed by atoms with Crippen LogP contribution in [0.1, 0.15) is 10.4 Å². The molecule has 0 saturated carbocycles. The number of likely N-dealkylation sites (N-methyl/N-ethyl adjacent to an activating group) is 2. The number of hydrogen-bond acceptors (Lipinski definition) is 3. The summed E-state index contributed by atoms with van der Waals surface area (Å²) in [5.41, 5.74) is 0.725. The first kappa shape index (κ1) is 14.5. The highest BCUT2D eigenvalue weighted by molar-refractivity contribution is 9.10. The molecule has 0 radical (unpaired) electrons. The summed E-state index contributed by atoms with van der Waals surface area (Å²) in [4.78, 5) is 16.5. The summed E-state index contributed by atoms with van der Waals surface area (Å²) in [7, 11) is 3.98. The van der Waals surface area contributed by atoms with Crippen LogP contribution >= 0.6 is 15.9 Å². The van der Waals surface area contributed by atoms with Crippen LogP contribution < -0.4 is 5.32 Å². The van der Waals surface area contributed by atoms with Gasteiger partial charge in [-0.15, -0.1) is 0 Å². The lowest BCUT2D eigenvalue weighted by Gasteiger charge is -2.35. The standard InChI is InChI=1S/C14H20BrN3O/c1-17-7-6-16-9-13(17)10-18(2)14(19)11-4-3-5-12(15)8-11/h3-5,8,13,16H,6-7,9-10H2,1-2H3. The molecule has 4 nitrogen and oxygen atoms in total. The highest BCUT2D eigenvalue weighted by Gasteiger charge is 2.22. The molecule has 1 atom stereocenters. The zero-order valence-electron chi connectivity index (χ0n) is 11.4. The minimum absolute atomic E-state index is 0.0697. The van der Waals surface area contributed by atoms with E-state index in [4.69, 9.17) is 0 Å². The molecule has 1 unspecified atom stereocenters. The van der Waals surface area contributed by atoms with Gasteiger partial charge in [-0.2, -0.15) is 0 Å². The van der Waals surface area contributed by atoms with Crippen LogP contribution in [0.4, 0.5) is 0 Å². The Morgan fingerprint density at radius 1 is 1.58 bits per heavy atom. The average molecular weight is 326 g/mol. The van der Waals surface area contributed by atoms with Crippen molar-refractivity contribution in [3.8, 4) is 0 Å². The quantitative estimate of drug-likeness (QED) is 0.913. The van der Waals surface area contributed by atoms with Crippen molar-refractivity contribution in [3.05, 3.63) is 34.3 Å².